The molecule has 0 aliphatic rings. The van der Waals surface area contributed by atoms with Crippen LogP contribution in [0.1, 0.15) is 13.3 Å². The summed E-state index contributed by atoms with van der Waals surface area (Å²) in [6.45, 7) is 1.97. The first-order valence-electron chi connectivity index (χ1n) is 4.79. The Morgan fingerprint density at radius 1 is 1.00 bits per heavy atom. The molecule has 0 saturated carbocycles. The SMILES string of the molecule is CCC(OC)C(OC)(OC)OC.N=C=O.N=C=O. The minimum absolute atomic E-state index is 0.225. The highest BCUT2D eigenvalue weighted by molar-refractivity contribution is 5.26. The van der Waals surface area contributed by atoms with E-state index in [2.05, 4.69) is 0 Å². The van der Waals surface area contributed by atoms with Crippen molar-refractivity contribution in [3.8, 4) is 0 Å². The number of hydrogen-bond donors (Lipinski definition) is 2. The average molecular weight is 264 g/mol. The van der Waals surface area contributed by atoms with Crippen LogP contribution in [0.25, 0.3) is 0 Å². The summed E-state index contributed by atoms with van der Waals surface area (Å²) in [7, 11) is 6.16. The Morgan fingerprint density at radius 3 is 1.33 bits per heavy atom. The molecule has 0 aliphatic carbocycles. The molecule has 0 heterocycles. The molecule has 0 aromatic carbocycles. The lowest BCUT2D eigenvalue weighted by Gasteiger charge is -2.34. The van der Waals surface area contributed by atoms with Crippen LogP contribution in [-0.2, 0) is 28.5 Å². The number of isocyanates is 2. The molecular weight excluding hydrogens is 244 g/mol. The molecule has 0 rings (SSSR count). The second-order valence-electron chi connectivity index (χ2n) is 2.55. The van der Waals surface area contributed by atoms with Crippen molar-refractivity contribution in [1.29, 1.82) is 10.8 Å². The molecule has 1 unspecified atom stereocenters. The molecule has 0 fully saturated rings. The van der Waals surface area contributed by atoms with Gasteiger partial charge in [0.25, 0.3) is 0 Å². The van der Waals surface area contributed by atoms with Crippen LogP contribution < -0.4 is 0 Å². The van der Waals surface area contributed by atoms with Crippen molar-refractivity contribution in [1.82, 2.24) is 0 Å². The van der Waals surface area contributed by atoms with Gasteiger partial charge in [0.15, 0.2) is 0 Å². The van der Waals surface area contributed by atoms with E-state index in [0.717, 1.165) is 18.6 Å². The van der Waals surface area contributed by atoms with Gasteiger partial charge in [0.1, 0.15) is 6.10 Å². The molecule has 8 heteroatoms. The molecule has 0 spiro atoms. The summed E-state index contributed by atoms with van der Waals surface area (Å²) in [4.78, 5) is 16.7. The third-order valence-corrected chi connectivity index (χ3v) is 1.90. The minimum atomic E-state index is -1.08. The van der Waals surface area contributed by atoms with Gasteiger partial charge in [-0.25, -0.2) is 20.4 Å². The summed E-state index contributed by atoms with van der Waals surface area (Å²) in [6, 6.07) is 0. The summed E-state index contributed by atoms with van der Waals surface area (Å²) in [5, 5.41) is 10.8. The van der Waals surface area contributed by atoms with Gasteiger partial charge in [0.05, 0.1) is 0 Å². The van der Waals surface area contributed by atoms with Crippen LogP contribution in [0.2, 0.25) is 0 Å². The monoisotopic (exact) mass is 264 g/mol. The van der Waals surface area contributed by atoms with Crippen LogP contribution in [0.5, 0.6) is 0 Å². The topological polar surface area (TPSA) is 119 Å². The standard InChI is InChI=1S/C8H18O4.2CHNO/c1-6-7(9-2)8(10-3,11-4)12-5;2*2-1-3/h7H,6H2,1-5H3;2*2H. The van der Waals surface area contributed by atoms with Gasteiger partial charge in [-0.15, -0.1) is 0 Å². The molecule has 0 bridgehead atoms. The number of nitrogens with one attached hydrogen (secondary N) is 2. The van der Waals surface area contributed by atoms with E-state index in [0.29, 0.717) is 0 Å². The first kappa shape index (κ1) is 21.8. The Morgan fingerprint density at radius 2 is 1.28 bits per heavy atom. The normalized spacial score (nSPS) is 10.7. The molecule has 106 valence electrons. The van der Waals surface area contributed by atoms with Gasteiger partial charge < -0.3 is 18.9 Å². The number of rotatable bonds is 6. The van der Waals surface area contributed by atoms with Gasteiger partial charge in [-0.2, -0.15) is 0 Å². The molecule has 0 aromatic rings. The van der Waals surface area contributed by atoms with Crippen molar-refractivity contribution in [3.63, 3.8) is 0 Å². The fourth-order valence-corrected chi connectivity index (χ4v) is 1.21. The molecule has 0 aromatic heterocycles. The third-order valence-electron chi connectivity index (χ3n) is 1.90. The van der Waals surface area contributed by atoms with Crippen LogP contribution in [0, 0.1) is 10.8 Å². The van der Waals surface area contributed by atoms with E-state index in [1.807, 2.05) is 6.92 Å². The summed E-state index contributed by atoms with van der Waals surface area (Å²) < 4.78 is 20.5. The molecular formula is C10H20N2O6. The summed E-state index contributed by atoms with van der Waals surface area (Å²) in [6.07, 6.45) is 2.03. The Hall–Kier alpha value is -1.40. The quantitative estimate of drug-likeness (QED) is 0.416. The Kier molecular flexibility index (Phi) is 18.9. The van der Waals surface area contributed by atoms with Gasteiger partial charge in [-0.3, -0.25) is 0 Å². The highest BCUT2D eigenvalue weighted by Gasteiger charge is 2.39. The van der Waals surface area contributed by atoms with Crippen LogP contribution >= 0.6 is 0 Å². The smallest absolute Gasteiger partial charge is 0.310 e. The predicted octanol–water partition coefficient (Wildman–Crippen LogP) is 0.806. The number of carbonyl (C=O) groups excluding carboxylic acids is 2. The first-order valence-corrected chi connectivity index (χ1v) is 4.79. The van der Waals surface area contributed by atoms with E-state index in [9.17, 15) is 0 Å². The maximum atomic E-state index is 8.35. The molecule has 0 radical (unpaired) electrons. The molecule has 2 N–H and O–H groups in total. The van der Waals surface area contributed by atoms with E-state index in [1.165, 1.54) is 21.3 Å². The fourth-order valence-electron chi connectivity index (χ4n) is 1.21. The van der Waals surface area contributed by atoms with E-state index in [4.69, 9.17) is 39.4 Å². The van der Waals surface area contributed by atoms with Crippen LogP contribution in [-0.4, -0.2) is 52.7 Å². The lowest BCUT2D eigenvalue weighted by atomic mass is 10.2. The molecule has 8 nitrogen and oxygen atoms in total. The fraction of sp³-hybridized carbons (Fsp3) is 0.800. The van der Waals surface area contributed by atoms with E-state index < -0.39 is 5.97 Å². The Balaban J connectivity index is -0.000000315. The van der Waals surface area contributed by atoms with Crippen molar-refractivity contribution in [3.05, 3.63) is 0 Å². The molecule has 0 amide bonds. The average Bonchev–Trinajstić information content (AvgIpc) is 2.38. The Bertz CT molecular complexity index is 218. The predicted molar refractivity (Wildman–Crippen MR) is 61.7 cm³/mol. The highest BCUT2D eigenvalue weighted by Crippen LogP contribution is 2.21. The molecule has 0 saturated heterocycles. The van der Waals surface area contributed by atoms with Crippen molar-refractivity contribution < 1.29 is 28.5 Å². The zero-order valence-electron chi connectivity index (χ0n) is 11.2. The third kappa shape index (κ3) is 8.72. The van der Waals surface area contributed by atoms with Crippen LogP contribution in [0.15, 0.2) is 0 Å². The van der Waals surface area contributed by atoms with Crippen LogP contribution in [0.3, 0.4) is 0 Å². The maximum absolute atomic E-state index is 8.35. The van der Waals surface area contributed by atoms with Crippen LogP contribution in [0.4, 0.5) is 0 Å². The number of methoxy groups -OCH3 is 4. The summed E-state index contributed by atoms with van der Waals surface area (Å²) in [5.74, 6) is -1.08. The number of ether oxygens (including phenoxy) is 4. The van der Waals surface area contributed by atoms with E-state index >= 15 is 0 Å². The van der Waals surface area contributed by atoms with Crippen molar-refractivity contribution >= 4 is 12.2 Å². The lowest BCUT2D eigenvalue weighted by molar-refractivity contribution is -0.391. The number of hydrogen-bond acceptors (Lipinski definition) is 8. The van der Waals surface area contributed by atoms with E-state index in [-0.39, 0.29) is 6.10 Å². The maximum Gasteiger partial charge on any atom is 0.310 e. The van der Waals surface area contributed by atoms with Gasteiger partial charge in [0, 0.05) is 28.4 Å². The van der Waals surface area contributed by atoms with Crippen molar-refractivity contribution in [2.45, 2.75) is 25.4 Å². The second-order valence-corrected chi connectivity index (χ2v) is 2.55. The molecule has 0 aliphatic heterocycles. The second kappa shape index (κ2) is 15.6. The largest absolute Gasteiger partial charge is 0.373 e. The minimum Gasteiger partial charge on any atom is -0.373 e. The molecule has 18 heavy (non-hydrogen) atoms. The van der Waals surface area contributed by atoms with Crippen molar-refractivity contribution in [2.75, 3.05) is 28.4 Å². The highest BCUT2D eigenvalue weighted by atomic mass is 16.9. The van der Waals surface area contributed by atoms with Gasteiger partial charge in [-0.05, 0) is 6.42 Å². The molecule has 1 atom stereocenters. The van der Waals surface area contributed by atoms with Gasteiger partial charge >= 0.3 is 5.97 Å². The van der Waals surface area contributed by atoms with Crippen molar-refractivity contribution in [2.24, 2.45) is 0 Å². The first-order chi connectivity index (χ1) is 8.53. The Labute approximate surface area is 106 Å². The zero-order valence-corrected chi connectivity index (χ0v) is 11.2. The summed E-state index contributed by atoms with van der Waals surface area (Å²) in [5.41, 5.74) is 0. The zero-order chi connectivity index (χ0) is 15.0. The lowest BCUT2D eigenvalue weighted by Crippen LogP contribution is -2.48. The summed E-state index contributed by atoms with van der Waals surface area (Å²) >= 11 is 0. The van der Waals surface area contributed by atoms with E-state index in [1.54, 1.807) is 7.11 Å². The van der Waals surface area contributed by atoms with Gasteiger partial charge in [-0.1, -0.05) is 6.92 Å². The van der Waals surface area contributed by atoms with Gasteiger partial charge in [0.2, 0.25) is 12.2 Å².